The van der Waals surface area contributed by atoms with Crippen molar-refractivity contribution in [3.8, 4) is 6.07 Å². The average Bonchev–Trinajstić information content (AvgIpc) is 3.19. The fourth-order valence-corrected chi connectivity index (χ4v) is 5.66. The van der Waals surface area contributed by atoms with E-state index in [1.165, 1.54) is 6.33 Å². The summed E-state index contributed by atoms with van der Waals surface area (Å²) in [5.74, 6) is 0.767. The van der Waals surface area contributed by atoms with E-state index in [1.54, 1.807) is 4.31 Å². The number of hydrogen-bond acceptors (Lipinski definition) is 5. The SMILES string of the molecule is N#CC1(CS(=O)(=O)N2CCCC(c3ncn[nH]3)C2)CCCC1. The maximum Gasteiger partial charge on any atom is 0.215 e. The Hall–Kier alpha value is -1.46. The van der Waals surface area contributed by atoms with E-state index in [-0.39, 0.29) is 11.7 Å². The largest absolute Gasteiger partial charge is 0.263 e. The van der Waals surface area contributed by atoms with Gasteiger partial charge >= 0.3 is 0 Å². The highest BCUT2D eigenvalue weighted by atomic mass is 32.2. The number of aromatic nitrogens is 3. The molecule has 1 aliphatic carbocycles. The molecule has 0 bridgehead atoms. The number of piperidine rings is 1. The summed E-state index contributed by atoms with van der Waals surface area (Å²) in [6.07, 6.45) is 6.46. The molecule has 1 saturated carbocycles. The minimum atomic E-state index is -3.41. The highest BCUT2D eigenvalue weighted by Gasteiger charge is 2.41. The fraction of sp³-hybridized carbons (Fsp3) is 0.786. The van der Waals surface area contributed by atoms with Gasteiger partial charge in [-0.05, 0) is 25.7 Å². The lowest BCUT2D eigenvalue weighted by Crippen LogP contribution is -2.43. The van der Waals surface area contributed by atoms with Crippen molar-refractivity contribution in [2.24, 2.45) is 5.41 Å². The first-order valence-corrected chi connectivity index (χ1v) is 9.40. The van der Waals surface area contributed by atoms with Gasteiger partial charge in [-0.3, -0.25) is 5.10 Å². The van der Waals surface area contributed by atoms with Crippen LogP contribution in [-0.4, -0.2) is 46.7 Å². The second-order valence-electron chi connectivity index (χ2n) is 6.42. The van der Waals surface area contributed by atoms with Crippen LogP contribution in [0.2, 0.25) is 0 Å². The van der Waals surface area contributed by atoms with Crippen molar-refractivity contribution < 1.29 is 8.42 Å². The van der Waals surface area contributed by atoms with Gasteiger partial charge in [-0.25, -0.2) is 17.7 Å². The highest BCUT2D eigenvalue weighted by molar-refractivity contribution is 7.89. The molecular weight excluding hydrogens is 302 g/mol. The molecule has 2 heterocycles. The third-order valence-corrected chi connectivity index (χ3v) is 6.89. The van der Waals surface area contributed by atoms with Crippen molar-refractivity contribution in [2.45, 2.75) is 44.4 Å². The average molecular weight is 323 g/mol. The number of rotatable bonds is 4. The van der Waals surface area contributed by atoms with Crippen LogP contribution in [-0.2, 0) is 10.0 Å². The van der Waals surface area contributed by atoms with Gasteiger partial charge < -0.3 is 0 Å². The van der Waals surface area contributed by atoms with Crippen LogP contribution in [0.3, 0.4) is 0 Å². The number of sulfonamides is 1. The van der Waals surface area contributed by atoms with Crippen LogP contribution in [0.25, 0.3) is 0 Å². The molecule has 7 nitrogen and oxygen atoms in total. The van der Waals surface area contributed by atoms with Crippen LogP contribution < -0.4 is 0 Å². The van der Waals surface area contributed by atoms with E-state index >= 15 is 0 Å². The van der Waals surface area contributed by atoms with Gasteiger partial charge in [0.05, 0.1) is 17.2 Å². The van der Waals surface area contributed by atoms with Crippen LogP contribution in [0, 0.1) is 16.7 Å². The number of nitrogens with zero attached hydrogens (tertiary/aromatic N) is 4. The summed E-state index contributed by atoms with van der Waals surface area (Å²) < 4.78 is 27.0. The second kappa shape index (κ2) is 5.97. The normalized spacial score (nSPS) is 25.9. The Morgan fingerprint density at radius 3 is 2.82 bits per heavy atom. The van der Waals surface area contributed by atoms with Crippen molar-refractivity contribution >= 4 is 10.0 Å². The van der Waals surface area contributed by atoms with E-state index < -0.39 is 15.4 Å². The molecule has 1 saturated heterocycles. The quantitative estimate of drug-likeness (QED) is 0.902. The molecule has 2 fully saturated rings. The van der Waals surface area contributed by atoms with Crippen LogP contribution in [0.15, 0.2) is 6.33 Å². The second-order valence-corrected chi connectivity index (χ2v) is 8.39. The van der Waals surface area contributed by atoms with Gasteiger partial charge in [0, 0.05) is 19.0 Å². The lowest BCUT2D eigenvalue weighted by atomic mass is 9.91. The van der Waals surface area contributed by atoms with Crippen molar-refractivity contribution in [2.75, 3.05) is 18.8 Å². The zero-order chi connectivity index (χ0) is 15.6. The van der Waals surface area contributed by atoms with Gasteiger partial charge in [0.15, 0.2) is 0 Å². The van der Waals surface area contributed by atoms with Gasteiger partial charge in [0.25, 0.3) is 0 Å². The van der Waals surface area contributed by atoms with Gasteiger partial charge in [-0.1, -0.05) is 12.8 Å². The Bertz CT molecular complexity index is 643. The van der Waals surface area contributed by atoms with Crippen LogP contribution in [0.1, 0.15) is 50.3 Å². The van der Waals surface area contributed by atoms with Crippen LogP contribution >= 0.6 is 0 Å². The van der Waals surface area contributed by atoms with Crippen molar-refractivity contribution in [1.29, 1.82) is 5.26 Å². The molecule has 1 atom stereocenters. The molecule has 120 valence electrons. The van der Waals surface area contributed by atoms with Gasteiger partial charge in [0.1, 0.15) is 12.2 Å². The predicted octanol–water partition coefficient (Wildman–Crippen LogP) is 1.40. The summed E-state index contributed by atoms with van der Waals surface area (Å²) in [5.41, 5.74) is -0.683. The van der Waals surface area contributed by atoms with Crippen LogP contribution in [0.4, 0.5) is 0 Å². The lowest BCUT2D eigenvalue weighted by Gasteiger charge is -2.33. The molecule has 1 N–H and O–H groups in total. The Kier molecular flexibility index (Phi) is 4.19. The van der Waals surface area contributed by atoms with E-state index in [1.807, 2.05) is 0 Å². The zero-order valence-corrected chi connectivity index (χ0v) is 13.3. The maximum absolute atomic E-state index is 12.7. The van der Waals surface area contributed by atoms with Crippen molar-refractivity contribution in [1.82, 2.24) is 19.5 Å². The topological polar surface area (TPSA) is 103 Å². The first kappa shape index (κ1) is 15.4. The molecule has 0 aromatic carbocycles. The Labute approximate surface area is 130 Å². The molecule has 0 amide bonds. The van der Waals surface area contributed by atoms with Gasteiger partial charge in [0.2, 0.25) is 10.0 Å². The van der Waals surface area contributed by atoms with Gasteiger partial charge in [-0.2, -0.15) is 10.4 Å². The van der Waals surface area contributed by atoms with Crippen molar-refractivity contribution in [3.63, 3.8) is 0 Å². The smallest absolute Gasteiger partial charge is 0.215 e. The summed E-state index contributed by atoms with van der Waals surface area (Å²) in [6.45, 7) is 0.966. The lowest BCUT2D eigenvalue weighted by molar-refractivity contribution is 0.304. The third-order valence-electron chi connectivity index (χ3n) is 4.85. The number of H-pyrrole nitrogens is 1. The summed E-state index contributed by atoms with van der Waals surface area (Å²) in [7, 11) is -3.41. The number of nitriles is 1. The third kappa shape index (κ3) is 3.01. The summed E-state index contributed by atoms with van der Waals surface area (Å²) >= 11 is 0. The predicted molar refractivity (Wildman–Crippen MR) is 80.2 cm³/mol. The number of aromatic amines is 1. The van der Waals surface area contributed by atoms with E-state index in [0.717, 1.165) is 31.5 Å². The molecule has 3 rings (SSSR count). The maximum atomic E-state index is 12.7. The number of nitrogens with one attached hydrogen (secondary N) is 1. The molecule has 1 unspecified atom stereocenters. The molecule has 2 aliphatic rings. The molecule has 1 aliphatic heterocycles. The molecule has 22 heavy (non-hydrogen) atoms. The summed E-state index contributed by atoms with van der Waals surface area (Å²) in [5, 5.41) is 16.1. The van der Waals surface area contributed by atoms with E-state index in [4.69, 9.17) is 0 Å². The molecule has 0 radical (unpaired) electrons. The summed E-state index contributed by atoms with van der Waals surface area (Å²) in [6, 6.07) is 2.28. The Balaban J connectivity index is 1.73. The van der Waals surface area contributed by atoms with E-state index in [2.05, 4.69) is 21.3 Å². The monoisotopic (exact) mass is 323 g/mol. The first-order chi connectivity index (χ1) is 10.5. The minimum absolute atomic E-state index is 0.0420. The first-order valence-electron chi connectivity index (χ1n) is 7.79. The van der Waals surface area contributed by atoms with Crippen molar-refractivity contribution in [3.05, 3.63) is 12.2 Å². The van der Waals surface area contributed by atoms with E-state index in [0.29, 0.717) is 25.9 Å². The molecule has 1 aromatic heterocycles. The minimum Gasteiger partial charge on any atom is -0.263 e. The highest BCUT2D eigenvalue weighted by Crippen LogP contribution is 2.39. The summed E-state index contributed by atoms with van der Waals surface area (Å²) in [4.78, 5) is 4.15. The molecule has 0 spiro atoms. The van der Waals surface area contributed by atoms with Gasteiger partial charge in [-0.15, -0.1) is 0 Å². The Morgan fingerprint density at radius 2 is 2.18 bits per heavy atom. The fourth-order valence-electron chi connectivity index (χ4n) is 3.61. The molecule has 8 heteroatoms. The number of hydrogen-bond donors (Lipinski definition) is 1. The zero-order valence-electron chi connectivity index (χ0n) is 12.5. The molecular formula is C14H21N5O2S. The van der Waals surface area contributed by atoms with Crippen LogP contribution in [0.5, 0.6) is 0 Å². The molecule has 1 aromatic rings. The standard InChI is InChI=1S/C14H21N5O2S/c15-9-14(5-1-2-6-14)10-22(20,21)19-7-3-4-12(8-19)13-16-11-17-18-13/h11-12H,1-8,10H2,(H,16,17,18). The van der Waals surface area contributed by atoms with E-state index in [9.17, 15) is 13.7 Å². The Morgan fingerprint density at radius 1 is 1.41 bits per heavy atom.